The highest BCUT2D eigenvalue weighted by Crippen LogP contribution is 2.16. The molecule has 0 aliphatic carbocycles. The first-order valence-electron chi connectivity index (χ1n) is 7.01. The van der Waals surface area contributed by atoms with E-state index in [9.17, 15) is 9.59 Å². The van der Waals surface area contributed by atoms with E-state index in [4.69, 9.17) is 5.11 Å². The molecular formula is C15H19N3O3S. The van der Waals surface area contributed by atoms with Gasteiger partial charge in [0, 0.05) is 17.1 Å². The number of hydrogen-bond donors (Lipinski definition) is 2. The van der Waals surface area contributed by atoms with Crippen LogP contribution in [0, 0.1) is 12.8 Å². The Balaban J connectivity index is 2.00. The van der Waals surface area contributed by atoms with Gasteiger partial charge >= 0.3 is 5.97 Å². The maximum Gasteiger partial charge on any atom is 0.345 e. The van der Waals surface area contributed by atoms with Gasteiger partial charge < -0.3 is 10.4 Å². The lowest BCUT2D eigenvalue weighted by atomic mass is 10.2. The van der Waals surface area contributed by atoms with E-state index in [1.807, 2.05) is 11.6 Å². The Hall–Kier alpha value is -2.15. The van der Waals surface area contributed by atoms with Crippen molar-refractivity contribution in [2.24, 2.45) is 5.92 Å². The quantitative estimate of drug-likeness (QED) is 0.856. The minimum absolute atomic E-state index is 0.196. The number of amides is 1. The molecule has 6 nitrogen and oxygen atoms in total. The van der Waals surface area contributed by atoms with Crippen LogP contribution in [0.2, 0.25) is 0 Å². The zero-order valence-corrected chi connectivity index (χ0v) is 13.6. The van der Waals surface area contributed by atoms with Gasteiger partial charge in [0.05, 0.1) is 18.3 Å². The highest BCUT2D eigenvalue weighted by molar-refractivity contribution is 7.13. The molecule has 0 aromatic carbocycles. The zero-order chi connectivity index (χ0) is 16.3. The number of hydrogen-bond acceptors (Lipinski definition) is 4. The zero-order valence-electron chi connectivity index (χ0n) is 12.8. The van der Waals surface area contributed by atoms with Crippen molar-refractivity contribution in [2.75, 3.05) is 0 Å². The summed E-state index contributed by atoms with van der Waals surface area (Å²) >= 11 is 1.16. The Morgan fingerprint density at radius 3 is 2.73 bits per heavy atom. The molecule has 0 fully saturated rings. The van der Waals surface area contributed by atoms with E-state index in [-0.39, 0.29) is 10.8 Å². The van der Waals surface area contributed by atoms with Gasteiger partial charge in [-0.1, -0.05) is 13.8 Å². The van der Waals surface area contributed by atoms with E-state index < -0.39 is 5.97 Å². The fourth-order valence-corrected chi connectivity index (χ4v) is 2.84. The van der Waals surface area contributed by atoms with Gasteiger partial charge in [-0.15, -0.1) is 11.3 Å². The van der Waals surface area contributed by atoms with Crippen molar-refractivity contribution < 1.29 is 14.7 Å². The maximum atomic E-state index is 12.2. The summed E-state index contributed by atoms with van der Waals surface area (Å²) in [5.41, 5.74) is 1.39. The van der Waals surface area contributed by atoms with Crippen molar-refractivity contribution in [3.63, 3.8) is 0 Å². The van der Waals surface area contributed by atoms with Gasteiger partial charge in [0.15, 0.2) is 0 Å². The van der Waals surface area contributed by atoms with Gasteiger partial charge in [-0.2, -0.15) is 5.10 Å². The minimum Gasteiger partial charge on any atom is -0.477 e. The van der Waals surface area contributed by atoms with Crippen LogP contribution >= 0.6 is 11.3 Å². The van der Waals surface area contributed by atoms with Crippen LogP contribution in [0.3, 0.4) is 0 Å². The second-order valence-electron chi connectivity index (χ2n) is 5.47. The van der Waals surface area contributed by atoms with E-state index >= 15 is 0 Å². The number of rotatable bonds is 6. The molecule has 0 saturated heterocycles. The molecule has 1 amide bonds. The molecule has 2 heterocycles. The van der Waals surface area contributed by atoms with Crippen LogP contribution in [-0.4, -0.2) is 26.8 Å². The third kappa shape index (κ3) is 3.73. The Labute approximate surface area is 132 Å². The Morgan fingerprint density at radius 1 is 1.41 bits per heavy atom. The molecular weight excluding hydrogens is 302 g/mol. The number of nitrogens with zero attached hydrogens (tertiary/aromatic N) is 2. The summed E-state index contributed by atoms with van der Waals surface area (Å²) in [6.45, 7) is 7.14. The monoisotopic (exact) mass is 321 g/mol. The van der Waals surface area contributed by atoms with Crippen LogP contribution in [0.1, 0.15) is 44.4 Å². The number of carboxylic acid groups (broad SMARTS) is 1. The molecule has 0 aliphatic rings. The molecule has 0 aliphatic heterocycles. The molecule has 2 N–H and O–H groups in total. The molecule has 7 heteroatoms. The lowest BCUT2D eigenvalue weighted by Crippen LogP contribution is -2.23. The lowest BCUT2D eigenvalue weighted by molar-refractivity contribution is 0.0702. The number of carbonyl (C=O) groups excluding carboxylic acids is 1. The molecule has 2 aromatic heterocycles. The van der Waals surface area contributed by atoms with E-state index in [1.54, 1.807) is 18.3 Å². The summed E-state index contributed by atoms with van der Waals surface area (Å²) in [5.74, 6) is -0.693. The Kier molecular flexibility index (Phi) is 4.97. The van der Waals surface area contributed by atoms with Gasteiger partial charge in [0.25, 0.3) is 5.91 Å². The smallest absolute Gasteiger partial charge is 0.345 e. The molecule has 0 spiro atoms. The lowest BCUT2D eigenvalue weighted by Gasteiger charge is -2.08. The van der Waals surface area contributed by atoms with Crippen molar-refractivity contribution in [1.29, 1.82) is 0 Å². The molecule has 22 heavy (non-hydrogen) atoms. The normalized spacial score (nSPS) is 10.9. The molecule has 118 valence electrons. The van der Waals surface area contributed by atoms with Crippen LogP contribution in [0.15, 0.2) is 18.3 Å². The average Bonchev–Trinajstić information content (AvgIpc) is 3.04. The number of nitrogens with one attached hydrogen (secondary N) is 1. The molecule has 0 radical (unpaired) electrons. The topological polar surface area (TPSA) is 84.2 Å². The highest BCUT2D eigenvalue weighted by atomic mass is 32.1. The van der Waals surface area contributed by atoms with Crippen LogP contribution in [0.25, 0.3) is 0 Å². The van der Waals surface area contributed by atoms with Crippen LogP contribution in [0.5, 0.6) is 0 Å². The maximum absolute atomic E-state index is 12.2. The standard InChI is InChI=1S/C15H19N3O3S/c1-9(2)8-18-10(3)12(7-17-18)14(19)16-6-11-4-5-13(22-11)15(20)21/h4-5,7,9H,6,8H2,1-3H3,(H,16,19)(H,20,21). The van der Waals surface area contributed by atoms with Crippen molar-refractivity contribution in [1.82, 2.24) is 15.1 Å². The number of carbonyl (C=O) groups is 2. The number of carboxylic acids is 1. The predicted molar refractivity (Wildman–Crippen MR) is 84.3 cm³/mol. The first-order valence-corrected chi connectivity index (χ1v) is 7.82. The largest absolute Gasteiger partial charge is 0.477 e. The number of aromatic carboxylic acids is 1. The van der Waals surface area contributed by atoms with Gasteiger partial charge in [-0.25, -0.2) is 4.79 Å². The van der Waals surface area contributed by atoms with Gasteiger partial charge in [-0.3, -0.25) is 9.48 Å². The Morgan fingerprint density at radius 2 is 2.14 bits per heavy atom. The third-order valence-corrected chi connectivity index (χ3v) is 4.25. The molecule has 0 unspecified atom stereocenters. The van der Waals surface area contributed by atoms with Crippen molar-refractivity contribution in [2.45, 2.75) is 33.9 Å². The second kappa shape index (κ2) is 6.74. The minimum atomic E-state index is -0.951. The van der Waals surface area contributed by atoms with Crippen LogP contribution in [-0.2, 0) is 13.1 Å². The number of thiophene rings is 1. The summed E-state index contributed by atoms with van der Waals surface area (Å²) < 4.78 is 1.83. The average molecular weight is 321 g/mol. The third-order valence-electron chi connectivity index (χ3n) is 3.18. The molecule has 2 rings (SSSR count). The summed E-state index contributed by atoms with van der Waals surface area (Å²) in [5, 5.41) is 15.9. The van der Waals surface area contributed by atoms with Crippen LogP contribution in [0.4, 0.5) is 0 Å². The second-order valence-corrected chi connectivity index (χ2v) is 6.64. The predicted octanol–water partition coefficient (Wildman–Crippen LogP) is 2.54. The summed E-state index contributed by atoms with van der Waals surface area (Å²) in [4.78, 5) is 24.1. The molecule has 0 bridgehead atoms. The fraction of sp³-hybridized carbons (Fsp3) is 0.400. The first kappa shape index (κ1) is 16.2. The Bertz CT molecular complexity index is 688. The van der Waals surface area contributed by atoms with E-state index in [2.05, 4.69) is 24.3 Å². The van der Waals surface area contributed by atoms with Gasteiger partial charge in [0.1, 0.15) is 4.88 Å². The molecule has 0 saturated carbocycles. The van der Waals surface area contributed by atoms with E-state index in [1.165, 1.54) is 0 Å². The first-order chi connectivity index (χ1) is 10.4. The number of aromatic nitrogens is 2. The van der Waals surface area contributed by atoms with Crippen LogP contribution < -0.4 is 5.32 Å². The fourth-order valence-electron chi connectivity index (χ4n) is 2.05. The van der Waals surface area contributed by atoms with Gasteiger partial charge in [-0.05, 0) is 25.0 Å². The van der Waals surface area contributed by atoms with Crippen molar-refractivity contribution in [3.05, 3.63) is 39.3 Å². The summed E-state index contributed by atoms with van der Waals surface area (Å²) in [7, 11) is 0. The van der Waals surface area contributed by atoms with Crippen molar-refractivity contribution >= 4 is 23.2 Å². The SMILES string of the molecule is Cc1c(C(=O)NCc2ccc(C(=O)O)s2)cnn1CC(C)C. The summed E-state index contributed by atoms with van der Waals surface area (Å²) in [6, 6.07) is 3.25. The van der Waals surface area contributed by atoms with Gasteiger partial charge in [0.2, 0.25) is 0 Å². The highest BCUT2D eigenvalue weighted by Gasteiger charge is 2.15. The van der Waals surface area contributed by atoms with Crippen molar-refractivity contribution in [3.8, 4) is 0 Å². The molecule has 0 atom stereocenters. The summed E-state index contributed by atoms with van der Waals surface area (Å²) in [6.07, 6.45) is 1.57. The molecule has 2 aromatic rings. The van der Waals surface area contributed by atoms with E-state index in [0.29, 0.717) is 18.0 Å². The van der Waals surface area contributed by atoms with E-state index in [0.717, 1.165) is 28.5 Å².